The minimum atomic E-state index is 0.609. The summed E-state index contributed by atoms with van der Waals surface area (Å²) in [5.74, 6) is 0. The van der Waals surface area contributed by atoms with Gasteiger partial charge in [0.2, 0.25) is 0 Å². The van der Waals surface area contributed by atoms with Gasteiger partial charge in [0, 0.05) is 10.1 Å². The Kier molecular flexibility index (Phi) is 2.49. The summed E-state index contributed by atoms with van der Waals surface area (Å²) in [5.41, 5.74) is 4.29. The van der Waals surface area contributed by atoms with Crippen molar-refractivity contribution in [3.63, 3.8) is 0 Å². The van der Waals surface area contributed by atoms with Crippen LogP contribution in [-0.2, 0) is 6.42 Å². The Labute approximate surface area is 101 Å². The lowest BCUT2D eigenvalue weighted by atomic mass is 10.0. The number of thioether (sulfide) groups is 1. The molecule has 1 atom stereocenters. The molecule has 0 N–H and O–H groups in total. The van der Waals surface area contributed by atoms with Crippen molar-refractivity contribution in [1.82, 2.24) is 0 Å². The molecule has 1 heterocycles. The monoisotopic (exact) mass is 226 g/mol. The van der Waals surface area contributed by atoms with Gasteiger partial charge < -0.3 is 0 Å². The highest BCUT2D eigenvalue weighted by Crippen LogP contribution is 2.46. The van der Waals surface area contributed by atoms with E-state index in [9.17, 15) is 0 Å². The van der Waals surface area contributed by atoms with Crippen molar-refractivity contribution in [2.24, 2.45) is 0 Å². The number of fused-ring (bicyclic) bond motifs is 1. The topological polar surface area (TPSA) is 0 Å². The van der Waals surface area contributed by atoms with Gasteiger partial charge in [-0.25, -0.2) is 0 Å². The molecule has 0 aliphatic carbocycles. The van der Waals surface area contributed by atoms with Gasteiger partial charge >= 0.3 is 0 Å². The lowest BCUT2D eigenvalue weighted by Gasteiger charge is -2.08. The van der Waals surface area contributed by atoms with E-state index < -0.39 is 0 Å². The van der Waals surface area contributed by atoms with Crippen molar-refractivity contribution < 1.29 is 0 Å². The van der Waals surface area contributed by atoms with E-state index >= 15 is 0 Å². The lowest BCUT2D eigenvalue weighted by Crippen LogP contribution is -1.91. The van der Waals surface area contributed by atoms with E-state index in [0.717, 1.165) is 0 Å². The average molecular weight is 226 g/mol. The molecule has 1 aliphatic rings. The Bertz CT molecular complexity index is 474. The second kappa shape index (κ2) is 3.99. The molecular weight excluding hydrogens is 212 g/mol. The molecule has 0 aromatic heterocycles. The zero-order valence-corrected chi connectivity index (χ0v) is 10.1. The van der Waals surface area contributed by atoms with Crippen molar-refractivity contribution in [3.8, 4) is 0 Å². The number of hydrogen-bond acceptors (Lipinski definition) is 1. The van der Waals surface area contributed by atoms with Gasteiger partial charge in [-0.2, -0.15) is 0 Å². The maximum atomic E-state index is 2.26. The molecule has 0 fully saturated rings. The zero-order valence-electron chi connectivity index (χ0n) is 9.31. The van der Waals surface area contributed by atoms with Crippen molar-refractivity contribution in [2.75, 3.05) is 0 Å². The zero-order chi connectivity index (χ0) is 11.0. The molecule has 2 aromatic rings. The summed E-state index contributed by atoms with van der Waals surface area (Å²) in [6.45, 7) is 2.14. The SMILES string of the molecule is Cc1ccc(C2Cc3ccccc3S2)cc1. The summed E-state index contributed by atoms with van der Waals surface area (Å²) in [5, 5.41) is 0.609. The summed E-state index contributed by atoms with van der Waals surface area (Å²) in [6, 6.07) is 17.7. The summed E-state index contributed by atoms with van der Waals surface area (Å²) in [4.78, 5) is 1.45. The predicted molar refractivity (Wildman–Crippen MR) is 69.9 cm³/mol. The number of aryl methyl sites for hydroxylation is 1. The first-order valence-electron chi connectivity index (χ1n) is 5.64. The van der Waals surface area contributed by atoms with E-state index in [-0.39, 0.29) is 0 Å². The molecule has 1 heteroatoms. The Morgan fingerprint density at radius 2 is 1.75 bits per heavy atom. The molecule has 0 radical (unpaired) electrons. The molecule has 0 saturated heterocycles. The van der Waals surface area contributed by atoms with E-state index in [2.05, 4.69) is 55.5 Å². The average Bonchev–Trinajstić information content (AvgIpc) is 2.73. The van der Waals surface area contributed by atoms with Crippen LogP contribution in [-0.4, -0.2) is 0 Å². The van der Waals surface area contributed by atoms with E-state index in [1.54, 1.807) is 0 Å². The fraction of sp³-hybridized carbons (Fsp3) is 0.200. The quantitative estimate of drug-likeness (QED) is 0.695. The number of rotatable bonds is 1. The predicted octanol–water partition coefficient (Wildman–Crippen LogP) is 4.38. The van der Waals surface area contributed by atoms with Crippen LogP contribution in [0.25, 0.3) is 0 Å². The Hall–Kier alpha value is -1.21. The van der Waals surface area contributed by atoms with Crippen LogP contribution in [0.4, 0.5) is 0 Å². The Morgan fingerprint density at radius 3 is 2.50 bits per heavy atom. The fourth-order valence-electron chi connectivity index (χ4n) is 2.15. The maximum Gasteiger partial charge on any atom is 0.0385 e. The smallest absolute Gasteiger partial charge is 0.0385 e. The second-order valence-electron chi connectivity index (χ2n) is 4.33. The van der Waals surface area contributed by atoms with Gasteiger partial charge in [-0.05, 0) is 30.5 Å². The third kappa shape index (κ3) is 1.76. The summed E-state index contributed by atoms with van der Waals surface area (Å²) >= 11 is 2.00. The maximum absolute atomic E-state index is 2.26. The summed E-state index contributed by atoms with van der Waals surface area (Å²) in [7, 11) is 0. The van der Waals surface area contributed by atoms with Gasteiger partial charge in [-0.15, -0.1) is 11.8 Å². The van der Waals surface area contributed by atoms with Gasteiger partial charge in [0.05, 0.1) is 0 Å². The highest BCUT2D eigenvalue weighted by Gasteiger charge is 2.22. The van der Waals surface area contributed by atoms with Crippen molar-refractivity contribution >= 4 is 11.8 Å². The van der Waals surface area contributed by atoms with Gasteiger partial charge in [-0.1, -0.05) is 48.0 Å². The molecule has 0 bridgehead atoms. The van der Waals surface area contributed by atoms with E-state index in [4.69, 9.17) is 0 Å². The normalized spacial score (nSPS) is 18.4. The first kappa shape index (κ1) is 9.98. The van der Waals surface area contributed by atoms with E-state index in [1.165, 1.54) is 28.0 Å². The number of benzene rings is 2. The molecule has 16 heavy (non-hydrogen) atoms. The van der Waals surface area contributed by atoms with E-state index in [0.29, 0.717) is 5.25 Å². The van der Waals surface area contributed by atoms with Crippen LogP contribution in [0, 0.1) is 6.92 Å². The highest BCUT2D eigenvalue weighted by molar-refractivity contribution is 7.99. The number of hydrogen-bond donors (Lipinski definition) is 0. The Morgan fingerprint density at radius 1 is 1.00 bits per heavy atom. The van der Waals surface area contributed by atoms with E-state index in [1.807, 2.05) is 11.8 Å². The molecule has 0 amide bonds. The first-order chi connectivity index (χ1) is 7.83. The largest absolute Gasteiger partial charge is 0.117 e. The molecule has 1 unspecified atom stereocenters. The molecule has 1 aliphatic heterocycles. The summed E-state index contributed by atoms with van der Waals surface area (Å²) in [6.07, 6.45) is 1.17. The molecule has 0 spiro atoms. The van der Waals surface area contributed by atoms with Gasteiger partial charge in [0.25, 0.3) is 0 Å². The van der Waals surface area contributed by atoms with Crippen LogP contribution in [0.2, 0.25) is 0 Å². The lowest BCUT2D eigenvalue weighted by molar-refractivity contribution is 0.948. The van der Waals surface area contributed by atoms with Crippen molar-refractivity contribution in [3.05, 3.63) is 65.2 Å². The molecular formula is C15H14S. The first-order valence-corrected chi connectivity index (χ1v) is 6.52. The van der Waals surface area contributed by atoms with Crippen molar-refractivity contribution in [2.45, 2.75) is 23.5 Å². The minimum absolute atomic E-state index is 0.609. The molecule has 3 rings (SSSR count). The van der Waals surface area contributed by atoms with Crippen LogP contribution in [0.1, 0.15) is 21.9 Å². The third-order valence-corrected chi connectivity index (χ3v) is 4.47. The minimum Gasteiger partial charge on any atom is -0.117 e. The molecule has 0 saturated carbocycles. The van der Waals surface area contributed by atoms with Gasteiger partial charge in [0.1, 0.15) is 0 Å². The Balaban J connectivity index is 1.88. The highest BCUT2D eigenvalue weighted by atomic mass is 32.2. The van der Waals surface area contributed by atoms with Crippen molar-refractivity contribution in [1.29, 1.82) is 0 Å². The summed E-state index contributed by atoms with van der Waals surface area (Å²) < 4.78 is 0. The van der Waals surface area contributed by atoms with Crippen LogP contribution < -0.4 is 0 Å². The molecule has 2 aromatic carbocycles. The van der Waals surface area contributed by atoms with Crippen LogP contribution in [0.15, 0.2) is 53.4 Å². The van der Waals surface area contributed by atoms with Crippen LogP contribution in [0.3, 0.4) is 0 Å². The molecule has 80 valence electrons. The van der Waals surface area contributed by atoms with Crippen LogP contribution in [0.5, 0.6) is 0 Å². The second-order valence-corrected chi connectivity index (χ2v) is 5.57. The van der Waals surface area contributed by atoms with Gasteiger partial charge in [0.15, 0.2) is 0 Å². The van der Waals surface area contributed by atoms with Gasteiger partial charge in [-0.3, -0.25) is 0 Å². The fourth-order valence-corrected chi connectivity index (χ4v) is 3.47. The van der Waals surface area contributed by atoms with Crippen LogP contribution >= 0.6 is 11.8 Å². The third-order valence-electron chi connectivity index (χ3n) is 3.10. The standard InChI is InChI=1S/C15H14S/c1-11-6-8-12(9-7-11)15-10-13-4-2-3-5-14(13)16-15/h2-9,15H,10H2,1H3. The molecule has 0 nitrogen and oxygen atoms in total.